The van der Waals surface area contributed by atoms with Gasteiger partial charge in [-0.1, -0.05) is 47.0 Å². The van der Waals surface area contributed by atoms with Crippen molar-refractivity contribution >= 4 is 0 Å². The molecule has 2 aliphatic rings. The summed E-state index contributed by atoms with van der Waals surface area (Å²) in [6.07, 6.45) is 6.85. The van der Waals surface area contributed by atoms with Crippen molar-refractivity contribution in [2.24, 2.45) is 17.8 Å². The molecule has 3 atom stereocenters. The zero-order valence-electron chi connectivity index (χ0n) is 14.4. The van der Waals surface area contributed by atoms with Crippen molar-refractivity contribution in [3.05, 3.63) is 0 Å². The van der Waals surface area contributed by atoms with Gasteiger partial charge in [-0.15, -0.1) is 0 Å². The summed E-state index contributed by atoms with van der Waals surface area (Å²) in [5.74, 6) is 2.62. The first kappa shape index (κ1) is 16.3. The first-order valence-electron chi connectivity index (χ1n) is 9.03. The molecule has 1 heterocycles. The van der Waals surface area contributed by atoms with Crippen molar-refractivity contribution < 1.29 is 0 Å². The Hall–Kier alpha value is -0.0800. The van der Waals surface area contributed by atoms with Crippen molar-refractivity contribution in [1.82, 2.24) is 10.2 Å². The van der Waals surface area contributed by atoms with Gasteiger partial charge in [0.15, 0.2) is 0 Å². The fraction of sp³-hybridized carbons (Fsp3) is 1.00. The van der Waals surface area contributed by atoms with Crippen LogP contribution in [-0.2, 0) is 0 Å². The lowest BCUT2D eigenvalue weighted by atomic mass is 9.85. The van der Waals surface area contributed by atoms with Crippen LogP contribution in [-0.4, -0.2) is 36.1 Å². The lowest BCUT2D eigenvalue weighted by molar-refractivity contribution is 0.0104. The minimum absolute atomic E-state index is 0.423. The normalized spacial score (nSPS) is 33.6. The Kier molecular flexibility index (Phi) is 5.53. The van der Waals surface area contributed by atoms with Crippen LogP contribution in [0.5, 0.6) is 0 Å². The molecular weight excluding hydrogens is 244 g/mol. The standard InChI is InChI=1S/C18H36N2/c1-6-14(4)17-12-20(11-15(7-2)8-3)18(5,13-19-17)16-9-10-16/h14-17,19H,6-13H2,1-5H3. The van der Waals surface area contributed by atoms with E-state index in [9.17, 15) is 0 Å². The molecular formula is C18H36N2. The van der Waals surface area contributed by atoms with Gasteiger partial charge in [0.25, 0.3) is 0 Å². The third-order valence-electron chi connectivity index (χ3n) is 6.28. The van der Waals surface area contributed by atoms with Gasteiger partial charge in [0.2, 0.25) is 0 Å². The maximum atomic E-state index is 3.88. The van der Waals surface area contributed by atoms with Crippen molar-refractivity contribution in [3.63, 3.8) is 0 Å². The third kappa shape index (κ3) is 3.39. The van der Waals surface area contributed by atoms with Crippen molar-refractivity contribution in [2.45, 2.75) is 78.3 Å². The number of nitrogens with one attached hydrogen (secondary N) is 1. The molecule has 1 saturated heterocycles. The average Bonchev–Trinajstić information content (AvgIpc) is 3.30. The van der Waals surface area contributed by atoms with E-state index in [0.717, 1.165) is 17.8 Å². The third-order valence-corrected chi connectivity index (χ3v) is 6.28. The number of piperazine rings is 1. The Morgan fingerprint density at radius 2 is 1.80 bits per heavy atom. The average molecular weight is 281 g/mol. The molecule has 20 heavy (non-hydrogen) atoms. The second kappa shape index (κ2) is 6.79. The fourth-order valence-corrected chi connectivity index (χ4v) is 3.88. The molecule has 2 nitrogen and oxygen atoms in total. The van der Waals surface area contributed by atoms with Gasteiger partial charge in [0.05, 0.1) is 0 Å². The largest absolute Gasteiger partial charge is 0.311 e. The minimum Gasteiger partial charge on any atom is -0.311 e. The van der Waals surface area contributed by atoms with E-state index >= 15 is 0 Å². The Morgan fingerprint density at radius 1 is 1.15 bits per heavy atom. The van der Waals surface area contributed by atoms with Gasteiger partial charge in [0, 0.05) is 31.2 Å². The van der Waals surface area contributed by atoms with E-state index in [1.807, 2.05) is 0 Å². The van der Waals surface area contributed by atoms with Crippen LogP contribution < -0.4 is 5.32 Å². The summed E-state index contributed by atoms with van der Waals surface area (Å²) in [5.41, 5.74) is 0.423. The Bertz CT molecular complexity index is 296. The highest BCUT2D eigenvalue weighted by atomic mass is 15.3. The Morgan fingerprint density at radius 3 is 2.30 bits per heavy atom. The molecule has 0 aromatic heterocycles. The molecule has 0 aromatic carbocycles. The van der Waals surface area contributed by atoms with Gasteiger partial charge in [-0.3, -0.25) is 4.90 Å². The molecule has 1 saturated carbocycles. The van der Waals surface area contributed by atoms with Gasteiger partial charge >= 0.3 is 0 Å². The summed E-state index contributed by atoms with van der Waals surface area (Å²) in [6.45, 7) is 15.7. The number of hydrogen-bond donors (Lipinski definition) is 1. The SMILES string of the molecule is CCC(CC)CN1CC(C(C)CC)NCC1(C)C1CC1. The van der Waals surface area contributed by atoms with Crippen LogP contribution >= 0.6 is 0 Å². The van der Waals surface area contributed by atoms with Crippen molar-refractivity contribution in [1.29, 1.82) is 0 Å². The zero-order chi connectivity index (χ0) is 14.8. The molecule has 0 spiro atoms. The molecule has 1 aliphatic carbocycles. The van der Waals surface area contributed by atoms with E-state index < -0.39 is 0 Å². The smallest absolute Gasteiger partial charge is 0.0334 e. The van der Waals surface area contributed by atoms with Crippen LogP contribution in [0, 0.1) is 17.8 Å². The molecule has 1 N–H and O–H groups in total. The molecule has 118 valence electrons. The molecule has 0 amide bonds. The van der Waals surface area contributed by atoms with E-state index in [1.165, 1.54) is 51.7 Å². The minimum atomic E-state index is 0.423. The Balaban J connectivity index is 2.06. The molecule has 0 bridgehead atoms. The van der Waals surface area contributed by atoms with Crippen molar-refractivity contribution in [2.75, 3.05) is 19.6 Å². The number of rotatable bonds is 7. The summed E-state index contributed by atoms with van der Waals surface area (Å²) in [7, 11) is 0. The predicted octanol–water partition coefficient (Wildman–Crippen LogP) is 3.91. The molecule has 0 aromatic rings. The summed E-state index contributed by atoms with van der Waals surface area (Å²) in [4.78, 5) is 2.87. The Labute approximate surface area is 126 Å². The molecule has 2 rings (SSSR count). The first-order chi connectivity index (χ1) is 9.55. The summed E-state index contributed by atoms with van der Waals surface area (Å²) < 4.78 is 0. The van der Waals surface area contributed by atoms with E-state index in [2.05, 4.69) is 44.8 Å². The highest BCUT2D eigenvalue weighted by Gasteiger charge is 2.48. The van der Waals surface area contributed by atoms with Gasteiger partial charge in [0.1, 0.15) is 0 Å². The lowest BCUT2D eigenvalue weighted by Gasteiger charge is -2.51. The number of hydrogen-bond acceptors (Lipinski definition) is 2. The van der Waals surface area contributed by atoms with Crippen LogP contribution in [0.1, 0.15) is 66.7 Å². The first-order valence-corrected chi connectivity index (χ1v) is 9.03. The maximum Gasteiger partial charge on any atom is 0.0334 e. The maximum absolute atomic E-state index is 3.88. The molecule has 0 radical (unpaired) electrons. The van der Waals surface area contributed by atoms with Crippen LogP contribution in [0.15, 0.2) is 0 Å². The van der Waals surface area contributed by atoms with E-state index in [1.54, 1.807) is 0 Å². The summed E-state index contributed by atoms with van der Waals surface area (Å²) in [5, 5.41) is 3.88. The highest BCUT2D eigenvalue weighted by molar-refractivity contribution is 5.05. The molecule has 2 heteroatoms. The summed E-state index contributed by atoms with van der Waals surface area (Å²) >= 11 is 0. The van der Waals surface area contributed by atoms with E-state index in [-0.39, 0.29) is 0 Å². The van der Waals surface area contributed by atoms with Crippen LogP contribution in [0.4, 0.5) is 0 Å². The van der Waals surface area contributed by atoms with Crippen LogP contribution in [0.3, 0.4) is 0 Å². The quantitative estimate of drug-likeness (QED) is 0.760. The number of nitrogens with zero attached hydrogens (tertiary/aromatic N) is 1. The lowest BCUT2D eigenvalue weighted by Crippen LogP contribution is -2.66. The fourth-order valence-electron chi connectivity index (χ4n) is 3.88. The van der Waals surface area contributed by atoms with Gasteiger partial charge in [-0.25, -0.2) is 0 Å². The molecule has 2 fully saturated rings. The second-order valence-corrected chi connectivity index (χ2v) is 7.59. The van der Waals surface area contributed by atoms with Gasteiger partial charge in [-0.05, 0) is 37.5 Å². The van der Waals surface area contributed by atoms with Gasteiger partial charge in [-0.2, -0.15) is 0 Å². The summed E-state index contributed by atoms with van der Waals surface area (Å²) in [6, 6.07) is 0.696. The van der Waals surface area contributed by atoms with E-state index in [0.29, 0.717) is 11.6 Å². The topological polar surface area (TPSA) is 15.3 Å². The highest BCUT2D eigenvalue weighted by Crippen LogP contribution is 2.44. The molecule has 3 unspecified atom stereocenters. The monoisotopic (exact) mass is 280 g/mol. The second-order valence-electron chi connectivity index (χ2n) is 7.59. The van der Waals surface area contributed by atoms with Crippen molar-refractivity contribution in [3.8, 4) is 0 Å². The van der Waals surface area contributed by atoms with Gasteiger partial charge < -0.3 is 5.32 Å². The van der Waals surface area contributed by atoms with Crippen LogP contribution in [0.2, 0.25) is 0 Å². The predicted molar refractivity (Wildman–Crippen MR) is 88.0 cm³/mol. The van der Waals surface area contributed by atoms with Crippen LogP contribution in [0.25, 0.3) is 0 Å². The van der Waals surface area contributed by atoms with E-state index in [4.69, 9.17) is 0 Å². The molecule has 1 aliphatic heterocycles. The zero-order valence-corrected chi connectivity index (χ0v) is 14.4.